The van der Waals surface area contributed by atoms with E-state index in [4.69, 9.17) is 27.9 Å². The molecule has 0 radical (unpaired) electrons. The Morgan fingerprint density at radius 3 is 2.57 bits per heavy atom. The zero-order chi connectivity index (χ0) is 25.7. The molecule has 3 nitrogen and oxygen atoms in total. The Hall–Kier alpha value is -3.27. The summed E-state index contributed by atoms with van der Waals surface area (Å²) in [6.07, 6.45) is 1.33. The molecule has 0 unspecified atom stereocenters. The summed E-state index contributed by atoms with van der Waals surface area (Å²) in [6.45, 7) is 4.71. The highest BCUT2D eigenvalue weighted by atomic mass is 35.5. The van der Waals surface area contributed by atoms with Crippen LogP contribution in [0, 0.1) is 5.41 Å². The molecule has 0 saturated heterocycles. The van der Waals surface area contributed by atoms with E-state index in [2.05, 4.69) is 55.6 Å². The summed E-state index contributed by atoms with van der Waals surface area (Å²) in [5.41, 5.74) is 5.80. The first-order valence-corrected chi connectivity index (χ1v) is 13.3. The van der Waals surface area contributed by atoms with Crippen LogP contribution in [0.2, 0.25) is 10.0 Å². The van der Waals surface area contributed by atoms with Crippen molar-refractivity contribution in [3.63, 3.8) is 0 Å². The van der Waals surface area contributed by atoms with Gasteiger partial charge in [-0.25, -0.2) is 0 Å². The molecule has 186 valence electrons. The van der Waals surface area contributed by atoms with Gasteiger partial charge in [-0.1, -0.05) is 79.5 Å². The number of anilines is 1. The number of Topliss-reactive ketones (excluding diaryl/α,β-unsaturated/α-hetero) is 1. The fourth-order valence-electron chi connectivity index (χ4n) is 5.73. The molecule has 4 aromatic carbocycles. The minimum absolute atomic E-state index is 0.119. The molecular weight excluding hydrogens is 501 g/mol. The van der Waals surface area contributed by atoms with Crippen LogP contribution in [0.15, 0.2) is 84.4 Å². The van der Waals surface area contributed by atoms with Crippen LogP contribution in [-0.2, 0) is 11.4 Å². The number of ether oxygens (including phenoxy) is 1. The summed E-state index contributed by atoms with van der Waals surface area (Å²) >= 11 is 12.7. The van der Waals surface area contributed by atoms with Crippen molar-refractivity contribution in [2.24, 2.45) is 5.41 Å². The van der Waals surface area contributed by atoms with E-state index in [-0.39, 0.29) is 17.2 Å². The first-order valence-electron chi connectivity index (χ1n) is 12.5. The van der Waals surface area contributed by atoms with Crippen molar-refractivity contribution in [3.05, 3.63) is 111 Å². The predicted molar refractivity (Wildman–Crippen MR) is 152 cm³/mol. The largest absolute Gasteiger partial charge is 0.489 e. The summed E-state index contributed by atoms with van der Waals surface area (Å²) in [6, 6.07) is 25.5. The quantitative estimate of drug-likeness (QED) is 0.287. The van der Waals surface area contributed by atoms with Crippen molar-refractivity contribution in [1.29, 1.82) is 0 Å². The normalized spacial score (nSPS) is 18.3. The number of hydrogen-bond donors (Lipinski definition) is 1. The van der Waals surface area contributed by atoms with E-state index in [9.17, 15) is 4.79 Å². The van der Waals surface area contributed by atoms with Gasteiger partial charge >= 0.3 is 0 Å². The molecule has 37 heavy (non-hydrogen) atoms. The molecule has 5 heteroatoms. The molecule has 6 rings (SSSR count). The lowest BCUT2D eigenvalue weighted by atomic mass is 9.68. The Morgan fingerprint density at radius 2 is 1.73 bits per heavy atom. The predicted octanol–water partition coefficient (Wildman–Crippen LogP) is 9.04. The summed E-state index contributed by atoms with van der Waals surface area (Å²) < 4.78 is 6.31. The van der Waals surface area contributed by atoms with Crippen LogP contribution in [0.1, 0.15) is 49.4 Å². The molecule has 1 heterocycles. The van der Waals surface area contributed by atoms with E-state index in [1.54, 1.807) is 0 Å². The van der Waals surface area contributed by atoms with Gasteiger partial charge in [0.25, 0.3) is 0 Å². The molecule has 0 amide bonds. The average Bonchev–Trinajstić information content (AvgIpc) is 2.86. The summed E-state index contributed by atoms with van der Waals surface area (Å²) in [5, 5.41) is 7.29. The van der Waals surface area contributed by atoms with Gasteiger partial charge in [0.2, 0.25) is 0 Å². The van der Waals surface area contributed by atoms with E-state index < -0.39 is 0 Å². The number of ketones is 1. The molecule has 2 aliphatic rings. The van der Waals surface area contributed by atoms with Crippen molar-refractivity contribution in [3.8, 4) is 5.75 Å². The third-order valence-electron chi connectivity index (χ3n) is 7.31. The summed E-state index contributed by atoms with van der Waals surface area (Å²) in [7, 11) is 0. The van der Waals surface area contributed by atoms with Gasteiger partial charge in [0.15, 0.2) is 5.78 Å². The van der Waals surface area contributed by atoms with E-state index >= 15 is 0 Å². The standard InChI is InChI=1S/C32H27Cl2NO2/c1-32(2)16-25-29-23-9-4-3-7-20(23)10-12-26(29)35-31(30(25)27(36)17-32)24-15-22(34)11-13-28(24)37-18-19-6-5-8-21(33)14-19/h3-15,31,35H,16-18H2,1-2H3/t31-/m0/s1. The Labute approximate surface area is 227 Å². The van der Waals surface area contributed by atoms with E-state index in [0.29, 0.717) is 28.8 Å². The monoisotopic (exact) mass is 527 g/mol. The average molecular weight is 528 g/mol. The van der Waals surface area contributed by atoms with Crippen molar-refractivity contribution < 1.29 is 9.53 Å². The summed E-state index contributed by atoms with van der Waals surface area (Å²) in [5.74, 6) is 0.860. The number of rotatable bonds is 4. The smallest absolute Gasteiger partial charge is 0.162 e. The first kappa shape index (κ1) is 24.1. The van der Waals surface area contributed by atoms with Crippen LogP contribution in [0.25, 0.3) is 16.3 Å². The van der Waals surface area contributed by atoms with E-state index in [1.165, 1.54) is 0 Å². The minimum Gasteiger partial charge on any atom is -0.489 e. The zero-order valence-corrected chi connectivity index (χ0v) is 22.3. The second-order valence-corrected chi connectivity index (χ2v) is 11.6. The van der Waals surface area contributed by atoms with Gasteiger partial charge < -0.3 is 10.1 Å². The molecule has 0 bridgehead atoms. The highest BCUT2D eigenvalue weighted by Crippen LogP contribution is 2.53. The Bertz CT molecular complexity index is 1590. The Morgan fingerprint density at radius 1 is 0.919 bits per heavy atom. The highest BCUT2D eigenvalue weighted by molar-refractivity contribution is 6.31. The molecule has 1 aliphatic heterocycles. The van der Waals surface area contributed by atoms with Crippen molar-refractivity contribution in [2.75, 3.05) is 5.32 Å². The molecule has 0 saturated carbocycles. The molecule has 1 N–H and O–H groups in total. The number of fused-ring (bicyclic) bond motifs is 4. The van der Waals surface area contributed by atoms with Crippen LogP contribution >= 0.6 is 23.2 Å². The number of benzene rings is 4. The molecule has 1 aliphatic carbocycles. The number of halogens is 2. The van der Waals surface area contributed by atoms with Gasteiger partial charge in [0.1, 0.15) is 12.4 Å². The fraction of sp³-hybridized carbons (Fsp3) is 0.219. The van der Waals surface area contributed by atoms with Gasteiger partial charge in [-0.3, -0.25) is 4.79 Å². The lowest BCUT2D eigenvalue weighted by molar-refractivity contribution is -0.118. The molecule has 0 aromatic heterocycles. The SMILES string of the molecule is CC1(C)CC(=O)C2=C(C1)c1c(ccc3ccccc13)N[C@H]2c1cc(Cl)ccc1OCc1cccc(Cl)c1. The van der Waals surface area contributed by atoms with Crippen LogP contribution in [0.4, 0.5) is 5.69 Å². The Kier molecular flexibility index (Phi) is 6.01. The number of carbonyl (C=O) groups excluding carboxylic acids is 1. The Balaban J connectivity index is 1.50. The topological polar surface area (TPSA) is 38.3 Å². The maximum Gasteiger partial charge on any atom is 0.162 e. The second-order valence-electron chi connectivity index (χ2n) is 10.7. The van der Waals surface area contributed by atoms with Gasteiger partial charge in [-0.15, -0.1) is 0 Å². The van der Waals surface area contributed by atoms with Gasteiger partial charge in [-0.05, 0) is 70.1 Å². The molecule has 0 fully saturated rings. The van der Waals surface area contributed by atoms with E-state index in [1.807, 2.05) is 42.5 Å². The number of allylic oxidation sites excluding steroid dienone is 1. The van der Waals surface area contributed by atoms with Crippen LogP contribution in [0.3, 0.4) is 0 Å². The zero-order valence-electron chi connectivity index (χ0n) is 20.8. The highest BCUT2D eigenvalue weighted by Gasteiger charge is 2.41. The molecule has 4 aromatic rings. The summed E-state index contributed by atoms with van der Waals surface area (Å²) in [4.78, 5) is 13.8. The van der Waals surface area contributed by atoms with Crippen LogP contribution in [-0.4, -0.2) is 5.78 Å². The van der Waals surface area contributed by atoms with Crippen molar-refractivity contribution in [2.45, 2.75) is 39.3 Å². The number of nitrogens with one attached hydrogen (secondary N) is 1. The van der Waals surface area contributed by atoms with Gasteiger partial charge in [0, 0.05) is 38.9 Å². The van der Waals surface area contributed by atoms with E-state index in [0.717, 1.165) is 50.7 Å². The lowest BCUT2D eigenvalue weighted by Gasteiger charge is -2.40. The first-order chi connectivity index (χ1) is 17.8. The third-order valence-corrected chi connectivity index (χ3v) is 7.78. The maximum atomic E-state index is 13.8. The van der Waals surface area contributed by atoms with Crippen LogP contribution < -0.4 is 10.1 Å². The van der Waals surface area contributed by atoms with Gasteiger partial charge in [-0.2, -0.15) is 0 Å². The maximum absolute atomic E-state index is 13.8. The lowest BCUT2D eigenvalue weighted by Crippen LogP contribution is -2.33. The number of hydrogen-bond acceptors (Lipinski definition) is 3. The third kappa shape index (κ3) is 4.52. The molecule has 1 atom stereocenters. The van der Waals surface area contributed by atoms with Crippen LogP contribution in [0.5, 0.6) is 5.75 Å². The molecular formula is C32H27Cl2NO2. The molecule has 0 spiro atoms. The minimum atomic E-state index is -0.361. The van der Waals surface area contributed by atoms with Crippen molar-refractivity contribution in [1.82, 2.24) is 0 Å². The second kappa shape index (κ2) is 9.24. The van der Waals surface area contributed by atoms with Gasteiger partial charge in [0.05, 0.1) is 6.04 Å². The number of carbonyl (C=O) groups is 1. The fourth-order valence-corrected chi connectivity index (χ4v) is 6.13. The van der Waals surface area contributed by atoms with Crippen molar-refractivity contribution >= 4 is 51.0 Å².